The second-order valence-electron chi connectivity index (χ2n) is 6.65. The SMILES string of the molecule is CC(c1ccncc1)C(N)C1C2CCc3ccccc3C21. The zero-order chi connectivity index (χ0) is 14.4. The second-order valence-corrected chi connectivity index (χ2v) is 6.65. The summed E-state index contributed by atoms with van der Waals surface area (Å²) in [5, 5.41) is 0. The summed E-state index contributed by atoms with van der Waals surface area (Å²) in [6.45, 7) is 2.26. The number of aromatic nitrogens is 1. The van der Waals surface area contributed by atoms with Crippen LogP contribution in [0.15, 0.2) is 48.8 Å². The quantitative estimate of drug-likeness (QED) is 0.933. The van der Waals surface area contributed by atoms with Gasteiger partial charge in [0.1, 0.15) is 0 Å². The highest BCUT2D eigenvalue weighted by molar-refractivity contribution is 5.40. The Morgan fingerprint density at radius 1 is 1.14 bits per heavy atom. The van der Waals surface area contributed by atoms with Gasteiger partial charge in [0.25, 0.3) is 0 Å². The number of aryl methyl sites for hydroxylation is 1. The molecule has 108 valence electrons. The molecule has 0 saturated heterocycles. The predicted molar refractivity (Wildman–Crippen MR) is 85.1 cm³/mol. The van der Waals surface area contributed by atoms with E-state index in [4.69, 9.17) is 5.73 Å². The molecule has 2 nitrogen and oxygen atoms in total. The fraction of sp³-hybridized carbons (Fsp3) is 0.421. The summed E-state index contributed by atoms with van der Waals surface area (Å²) < 4.78 is 0. The monoisotopic (exact) mass is 278 g/mol. The van der Waals surface area contributed by atoms with Crippen LogP contribution < -0.4 is 5.73 Å². The number of benzene rings is 1. The van der Waals surface area contributed by atoms with Crippen molar-refractivity contribution < 1.29 is 0 Å². The van der Waals surface area contributed by atoms with Crippen LogP contribution in [0.2, 0.25) is 0 Å². The van der Waals surface area contributed by atoms with Crippen LogP contribution in [0.5, 0.6) is 0 Å². The van der Waals surface area contributed by atoms with Crippen molar-refractivity contribution in [2.75, 3.05) is 0 Å². The van der Waals surface area contributed by atoms with Crippen LogP contribution in [0, 0.1) is 11.8 Å². The molecule has 4 rings (SSSR count). The van der Waals surface area contributed by atoms with Crippen LogP contribution in [-0.2, 0) is 6.42 Å². The van der Waals surface area contributed by atoms with E-state index < -0.39 is 0 Å². The molecule has 0 radical (unpaired) electrons. The van der Waals surface area contributed by atoms with Crippen LogP contribution in [0.1, 0.15) is 41.9 Å². The van der Waals surface area contributed by atoms with E-state index in [0.717, 1.165) is 5.92 Å². The molecule has 2 N–H and O–H groups in total. The molecule has 2 aromatic rings. The van der Waals surface area contributed by atoms with E-state index in [2.05, 4.69) is 48.3 Å². The fourth-order valence-electron chi connectivity index (χ4n) is 4.37. The van der Waals surface area contributed by atoms with Gasteiger partial charge in [0.15, 0.2) is 0 Å². The van der Waals surface area contributed by atoms with Crippen LogP contribution in [-0.4, -0.2) is 11.0 Å². The summed E-state index contributed by atoms with van der Waals surface area (Å²) in [4.78, 5) is 4.11. The van der Waals surface area contributed by atoms with Crippen LogP contribution in [0.25, 0.3) is 0 Å². The number of hydrogen-bond acceptors (Lipinski definition) is 2. The number of fused-ring (bicyclic) bond motifs is 3. The van der Waals surface area contributed by atoms with Crippen molar-refractivity contribution in [3.05, 3.63) is 65.5 Å². The molecule has 2 heteroatoms. The Morgan fingerprint density at radius 3 is 2.71 bits per heavy atom. The van der Waals surface area contributed by atoms with Crippen molar-refractivity contribution >= 4 is 0 Å². The van der Waals surface area contributed by atoms with E-state index in [1.165, 1.54) is 18.4 Å². The highest BCUT2D eigenvalue weighted by Gasteiger charge is 2.56. The van der Waals surface area contributed by atoms with Crippen molar-refractivity contribution in [2.24, 2.45) is 17.6 Å². The van der Waals surface area contributed by atoms with Crippen molar-refractivity contribution in [1.29, 1.82) is 0 Å². The van der Waals surface area contributed by atoms with E-state index in [-0.39, 0.29) is 6.04 Å². The van der Waals surface area contributed by atoms with Gasteiger partial charge < -0.3 is 5.73 Å². The van der Waals surface area contributed by atoms with Crippen molar-refractivity contribution in [2.45, 2.75) is 37.6 Å². The first-order valence-electron chi connectivity index (χ1n) is 8.00. The number of rotatable bonds is 3. The summed E-state index contributed by atoms with van der Waals surface area (Å²) >= 11 is 0. The maximum atomic E-state index is 6.65. The molecule has 5 unspecified atom stereocenters. The van der Waals surface area contributed by atoms with Crippen LogP contribution >= 0.6 is 0 Å². The Bertz CT molecular complexity index is 637. The Kier molecular flexibility index (Phi) is 3.07. The van der Waals surface area contributed by atoms with Gasteiger partial charge in [-0.15, -0.1) is 0 Å². The average Bonchev–Trinajstić information content (AvgIpc) is 3.29. The molecule has 0 aliphatic heterocycles. The van der Waals surface area contributed by atoms with E-state index in [9.17, 15) is 0 Å². The molecule has 1 aromatic carbocycles. The predicted octanol–water partition coefficient (Wildman–Crippen LogP) is 3.49. The lowest BCUT2D eigenvalue weighted by atomic mass is 9.89. The summed E-state index contributed by atoms with van der Waals surface area (Å²) in [6, 6.07) is 13.4. The highest BCUT2D eigenvalue weighted by Crippen LogP contribution is 2.62. The lowest BCUT2D eigenvalue weighted by molar-refractivity contribution is 0.472. The van der Waals surface area contributed by atoms with E-state index >= 15 is 0 Å². The van der Waals surface area contributed by atoms with Gasteiger partial charge in [-0.2, -0.15) is 0 Å². The van der Waals surface area contributed by atoms with Gasteiger partial charge in [0.2, 0.25) is 0 Å². The van der Waals surface area contributed by atoms with Gasteiger partial charge in [-0.05, 0) is 65.3 Å². The molecule has 0 spiro atoms. The molecule has 1 fully saturated rings. The zero-order valence-electron chi connectivity index (χ0n) is 12.4. The molecule has 21 heavy (non-hydrogen) atoms. The van der Waals surface area contributed by atoms with E-state index in [0.29, 0.717) is 17.8 Å². The number of pyridine rings is 1. The maximum Gasteiger partial charge on any atom is 0.0270 e. The van der Waals surface area contributed by atoms with Gasteiger partial charge >= 0.3 is 0 Å². The van der Waals surface area contributed by atoms with Crippen molar-refractivity contribution in [1.82, 2.24) is 4.98 Å². The smallest absolute Gasteiger partial charge is 0.0270 e. The third kappa shape index (κ3) is 2.09. The minimum absolute atomic E-state index is 0.244. The van der Waals surface area contributed by atoms with Crippen molar-refractivity contribution in [3.8, 4) is 0 Å². The molecule has 1 heterocycles. The fourth-order valence-corrected chi connectivity index (χ4v) is 4.37. The summed E-state index contributed by atoms with van der Waals surface area (Å²) in [5.74, 6) is 2.56. The third-order valence-electron chi connectivity index (χ3n) is 5.64. The second kappa shape index (κ2) is 4.96. The van der Waals surface area contributed by atoms with E-state index in [1.807, 2.05) is 12.4 Å². The number of hydrogen-bond donors (Lipinski definition) is 1. The molecule has 2 aliphatic rings. The Morgan fingerprint density at radius 2 is 1.90 bits per heavy atom. The van der Waals surface area contributed by atoms with Crippen LogP contribution in [0.3, 0.4) is 0 Å². The molecular formula is C19H22N2. The summed E-state index contributed by atoms with van der Waals surface area (Å²) in [5.41, 5.74) is 11.1. The number of nitrogens with two attached hydrogens (primary N) is 1. The lowest BCUT2D eigenvalue weighted by Crippen LogP contribution is -2.30. The molecule has 1 saturated carbocycles. The zero-order valence-corrected chi connectivity index (χ0v) is 12.4. The Hall–Kier alpha value is -1.67. The largest absolute Gasteiger partial charge is 0.327 e. The average molecular weight is 278 g/mol. The molecular weight excluding hydrogens is 256 g/mol. The summed E-state index contributed by atoms with van der Waals surface area (Å²) in [7, 11) is 0. The standard InChI is InChI=1S/C19H22N2/c1-12(13-8-10-21-11-9-13)19(20)18-16-7-6-14-4-2-3-5-15(14)17(16)18/h2-5,8-12,16-19H,6-7,20H2,1H3. The third-order valence-corrected chi connectivity index (χ3v) is 5.64. The summed E-state index contributed by atoms with van der Waals surface area (Å²) in [6.07, 6.45) is 6.27. The van der Waals surface area contributed by atoms with E-state index in [1.54, 1.807) is 11.1 Å². The van der Waals surface area contributed by atoms with Gasteiger partial charge in [-0.25, -0.2) is 0 Å². The minimum Gasteiger partial charge on any atom is -0.327 e. The lowest BCUT2D eigenvalue weighted by Gasteiger charge is -2.20. The van der Waals surface area contributed by atoms with Gasteiger partial charge in [0, 0.05) is 18.4 Å². The first-order chi connectivity index (χ1) is 10.3. The first kappa shape index (κ1) is 13.0. The molecule has 2 aliphatic carbocycles. The Balaban J connectivity index is 1.57. The normalized spacial score (nSPS) is 29.1. The van der Waals surface area contributed by atoms with Gasteiger partial charge in [-0.1, -0.05) is 31.2 Å². The van der Waals surface area contributed by atoms with Crippen molar-refractivity contribution in [3.63, 3.8) is 0 Å². The highest BCUT2D eigenvalue weighted by atomic mass is 14.8. The minimum atomic E-state index is 0.244. The van der Waals surface area contributed by atoms with Gasteiger partial charge in [0.05, 0.1) is 0 Å². The Labute approximate surface area is 126 Å². The first-order valence-corrected chi connectivity index (χ1v) is 8.00. The molecule has 1 aromatic heterocycles. The topological polar surface area (TPSA) is 38.9 Å². The maximum absolute atomic E-state index is 6.65. The van der Waals surface area contributed by atoms with Crippen LogP contribution in [0.4, 0.5) is 0 Å². The molecule has 5 atom stereocenters. The van der Waals surface area contributed by atoms with Gasteiger partial charge in [-0.3, -0.25) is 4.98 Å². The molecule has 0 amide bonds. The number of nitrogens with zero attached hydrogens (tertiary/aromatic N) is 1. The molecule has 0 bridgehead atoms.